The quantitative estimate of drug-likeness (QED) is 0.682. The van der Waals surface area contributed by atoms with E-state index in [0.717, 1.165) is 5.39 Å². The van der Waals surface area contributed by atoms with Gasteiger partial charge >= 0.3 is 0 Å². The van der Waals surface area contributed by atoms with Gasteiger partial charge in [0.05, 0.1) is 6.54 Å². The van der Waals surface area contributed by atoms with E-state index in [-0.39, 0.29) is 5.56 Å². The van der Waals surface area contributed by atoms with E-state index in [1.54, 1.807) is 16.7 Å². The van der Waals surface area contributed by atoms with Crippen molar-refractivity contribution in [3.05, 3.63) is 39.6 Å². The van der Waals surface area contributed by atoms with Gasteiger partial charge in [-0.2, -0.15) is 0 Å². The van der Waals surface area contributed by atoms with Crippen molar-refractivity contribution in [3.8, 4) is 5.88 Å². The van der Waals surface area contributed by atoms with Gasteiger partial charge in [0.25, 0.3) is 5.56 Å². The number of fused-ring (bicyclic) bond motifs is 2. The third-order valence-electron chi connectivity index (χ3n) is 2.60. The summed E-state index contributed by atoms with van der Waals surface area (Å²) in [6, 6.07) is 7.18. The van der Waals surface area contributed by atoms with Crippen LogP contribution in [0, 0.1) is 0 Å². The van der Waals surface area contributed by atoms with Gasteiger partial charge in [-0.25, -0.2) is 0 Å². The van der Waals surface area contributed by atoms with E-state index in [1.165, 1.54) is 0 Å². The summed E-state index contributed by atoms with van der Waals surface area (Å²) in [6.07, 6.45) is 0. The molecule has 2 aromatic rings. The van der Waals surface area contributed by atoms with Crippen LogP contribution in [0.4, 0.5) is 0 Å². The summed E-state index contributed by atoms with van der Waals surface area (Å²) < 4.78 is 6.99. The predicted octanol–water partition coefficient (Wildman–Crippen LogP) is 2.05. The first-order valence-electron chi connectivity index (χ1n) is 4.71. The van der Waals surface area contributed by atoms with Crippen LogP contribution in [0.5, 0.6) is 5.88 Å². The van der Waals surface area contributed by atoms with Crippen molar-refractivity contribution in [2.24, 2.45) is 0 Å². The van der Waals surface area contributed by atoms with Gasteiger partial charge in [0, 0.05) is 16.5 Å². The summed E-state index contributed by atoms with van der Waals surface area (Å²) in [7, 11) is 0. The molecule has 0 fully saturated rings. The number of aromatic nitrogens is 1. The smallest absolute Gasteiger partial charge is 0.261 e. The van der Waals surface area contributed by atoms with Crippen molar-refractivity contribution in [2.45, 2.75) is 6.54 Å². The first-order chi connectivity index (χ1) is 7.25. The summed E-state index contributed by atoms with van der Waals surface area (Å²) in [5.41, 5.74) is -0.0255. The van der Waals surface area contributed by atoms with Crippen molar-refractivity contribution >= 4 is 22.4 Å². The average molecular weight is 222 g/mol. The maximum atomic E-state index is 12.0. The number of hydrogen-bond donors (Lipinski definition) is 0. The van der Waals surface area contributed by atoms with Crippen molar-refractivity contribution in [1.29, 1.82) is 0 Å². The Kier molecular flexibility index (Phi) is 1.76. The van der Waals surface area contributed by atoms with Crippen LogP contribution in [-0.4, -0.2) is 11.2 Å². The SMILES string of the molecule is O=c1c2cc(Cl)ccc2cc2n1CCO2. The number of hydrogen-bond acceptors (Lipinski definition) is 2. The fraction of sp³-hybridized carbons (Fsp3) is 0.182. The van der Waals surface area contributed by atoms with E-state index < -0.39 is 0 Å². The van der Waals surface area contributed by atoms with E-state index >= 15 is 0 Å². The van der Waals surface area contributed by atoms with Crippen LogP contribution in [0.2, 0.25) is 5.02 Å². The van der Waals surface area contributed by atoms with Gasteiger partial charge < -0.3 is 4.74 Å². The molecule has 0 amide bonds. The molecule has 1 aromatic carbocycles. The third-order valence-corrected chi connectivity index (χ3v) is 2.84. The molecule has 15 heavy (non-hydrogen) atoms. The van der Waals surface area contributed by atoms with Crippen LogP contribution in [0.3, 0.4) is 0 Å². The van der Waals surface area contributed by atoms with Crippen LogP contribution in [0.15, 0.2) is 29.1 Å². The average Bonchev–Trinajstić information content (AvgIpc) is 2.68. The van der Waals surface area contributed by atoms with Crippen LogP contribution in [0.25, 0.3) is 10.8 Å². The molecule has 0 atom stereocenters. The topological polar surface area (TPSA) is 31.2 Å². The highest BCUT2D eigenvalue weighted by Crippen LogP contribution is 2.23. The Morgan fingerprint density at radius 1 is 1.33 bits per heavy atom. The van der Waals surface area contributed by atoms with Gasteiger partial charge in [-0.05, 0) is 17.5 Å². The number of nitrogens with zero attached hydrogens (tertiary/aromatic N) is 1. The molecule has 1 aromatic heterocycles. The lowest BCUT2D eigenvalue weighted by atomic mass is 10.2. The van der Waals surface area contributed by atoms with Crippen LogP contribution in [-0.2, 0) is 6.54 Å². The first kappa shape index (κ1) is 8.80. The fourth-order valence-corrected chi connectivity index (χ4v) is 2.04. The molecule has 0 N–H and O–H groups in total. The van der Waals surface area contributed by atoms with Crippen LogP contribution >= 0.6 is 11.6 Å². The van der Waals surface area contributed by atoms with Gasteiger partial charge in [-0.15, -0.1) is 0 Å². The fourth-order valence-electron chi connectivity index (χ4n) is 1.87. The summed E-state index contributed by atoms with van der Waals surface area (Å²) in [5, 5.41) is 2.10. The molecular weight excluding hydrogens is 214 g/mol. The lowest BCUT2D eigenvalue weighted by Crippen LogP contribution is -2.17. The normalized spacial score (nSPS) is 13.9. The molecule has 0 unspecified atom stereocenters. The van der Waals surface area contributed by atoms with Gasteiger partial charge in [0.1, 0.15) is 6.61 Å². The molecule has 0 aliphatic carbocycles. The van der Waals surface area contributed by atoms with Gasteiger partial charge in [-0.1, -0.05) is 17.7 Å². The monoisotopic (exact) mass is 221 g/mol. The molecule has 1 aliphatic heterocycles. The number of ether oxygens (including phenoxy) is 1. The predicted molar refractivity (Wildman–Crippen MR) is 58.7 cm³/mol. The highest BCUT2D eigenvalue weighted by Gasteiger charge is 2.15. The van der Waals surface area contributed by atoms with Gasteiger partial charge in [0.15, 0.2) is 5.88 Å². The molecule has 3 rings (SSSR count). The molecule has 0 spiro atoms. The lowest BCUT2D eigenvalue weighted by molar-refractivity contribution is 0.357. The number of rotatable bonds is 0. The van der Waals surface area contributed by atoms with Crippen LogP contribution in [0.1, 0.15) is 0 Å². The summed E-state index contributed by atoms with van der Waals surface area (Å²) in [4.78, 5) is 12.0. The lowest BCUT2D eigenvalue weighted by Gasteiger charge is -2.03. The zero-order valence-corrected chi connectivity index (χ0v) is 8.62. The van der Waals surface area contributed by atoms with Gasteiger partial charge in [-0.3, -0.25) is 9.36 Å². The Bertz CT molecular complexity index is 603. The van der Waals surface area contributed by atoms with E-state index in [9.17, 15) is 4.79 Å². The van der Waals surface area contributed by atoms with E-state index in [4.69, 9.17) is 16.3 Å². The number of halogens is 1. The molecular formula is C11H8ClNO2. The second-order valence-corrected chi connectivity index (χ2v) is 3.96. The summed E-state index contributed by atoms with van der Waals surface area (Å²) in [6.45, 7) is 1.19. The van der Waals surface area contributed by atoms with Crippen molar-refractivity contribution in [2.75, 3.05) is 6.61 Å². The Balaban J connectivity index is 2.47. The highest BCUT2D eigenvalue weighted by atomic mass is 35.5. The van der Waals surface area contributed by atoms with Crippen molar-refractivity contribution in [1.82, 2.24) is 4.57 Å². The van der Waals surface area contributed by atoms with E-state index in [1.807, 2.05) is 12.1 Å². The number of pyridine rings is 1. The minimum atomic E-state index is -0.0255. The first-order valence-corrected chi connectivity index (χ1v) is 5.09. The van der Waals surface area contributed by atoms with Gasteiger partial charge in [0.2, 0.25) is 0 Å². The maximum Gasteiger partial charge on any atom is 0.261 e. The Labute approximate surface area is 90.8 Å². The molecule has 0 saturated heterocycles. The molecule has 76 valence electrons. The summed E-state index contributed by atoms with van der Waals surface area (Å²) in [5.74, 6) is 0.648. The minimum absolute atomic E-state index is 0.0255. The molecule has 4 heteroatoms. The van der Waals surface area contributed by atoms with Crippen molar-refractivity contribution < 1.29 is 4.74 Å². The highest BCUT2D eigenvalue weighted by molar-refractivity contribution is 6.31. The number of benzene rings is 1. The van der Waals surface area contributed by atoms with Crippen molar-refractivity contribution in [3.63, 3.8) is 0 Å². The Morgan fingerprint density at radius 2 is 2.20 bits per heavy atom. The second kappa shape index (κ2) is 3.00. The molecule has 2 heterocycles. The molecule has 0 radical (unpaired) electrons. The van der Waals surface area contributed by atoms with E-state index in [2.05, 4.69) is 0 Å². The Hall–Kier alpha value is -1.48. The molecule has 1 aliphatic rings. The molecule has 0 saturated carbocycles. The van der Waals surface area contributed by atoms with Crippen LogP contribution < -0.4 is 10.3 Å². The Morgan fingerprint density at radius 3 is 3.07 bits per heavy atom. The standard InChI is InChI=1S/C11H8ClNO2/c12-8-2-1-7-5-10-13(3-4-15-10)11(14)9(7)6-8/h1-2,5-6H,3-4H2. The third kappa shape index (κ3) is 1.23. The molecule has 0 bridgehead atoms. The maximum absolute atomic E-state index is 12.0. The zero-order chi connectivity index (χ0) is 10.4. The van der Waals surface area contributed by atoms with E-state index in [0.29, 0.717) is 29.4 Å². The summed E-state index contributed by atoms with van der Waals surface area (Å²) >= 11 is 5.86. The molecule has 3 nitrogen and oxygen atoms in total. The second-order valence-electron chi connectivity index (χ2n) is 3.52. The zero-order valence-electron chi connectivity index (χ0n) is 7.87. The largest absolute Gasteiger partial charge is 0.477 e. The minimum Gasteiger partial charge on any atom is -0.477 e.